The SMILES string of the molecule is C[Si](C)(C)CCOc1ccn(-c2ccccc2)c(=O)n1. The Morgan fingerprint density at radius 3 is 2.45 bits per heavy atom. The molecule has 2 aromatic rings. The van der Waals surface area contributed by atoms with Crippen LogP contribution in [0.2, 0.25) is 25.7 Å². The Morgan fingerprint density at radius 2 is 1.85 bits per heavy atom. The zero-order valence-corrected chi connectivity index (χ0v) is 13.2. The van der Waals surface area contributed by atoms with Gasteiger partial charge in [-0.25, -0.2) is 4.79 Å². The van der Waals surface area contributed by atoms with Crippen molar-refractivity contribution in [2.75, 3.05) is 6.61 Å². The van der Waals surface area contributed by atoms with Crippen LogP contribution in [0.4, 0.5) is 0 Å². The van der Waals surface area contributed by atoms with Crippen molar-refractivity contribution in [1.82, 2.24) is 9.55 Å². The molecule has 0 aliphatic heterocycles. The number of ether oxygens (including phenoxy) is 1. The summed E-state index contributed by atoms with van der Waals surface area (Å²) in [6, 6.07) is 12.2. The van der Waals surface area contributed by atoms with E-state index in [9.17, 15) is 4.79 Å². The van der Waals surface area contributed by atoms with Gasteiger partial charge in [0.05, 0.1) is 12.3 Å². The van der Waals surface area contributed by atoms with Gasteiger partial charge in [0.25, 0.3) is 0 Å². The minimum atomic E-state index is -1.12. The van der Waals surface area contributed by atoms with Gasteiger partial charge in [-0.2, -0.15) is 4.98 Å². The molecule has 0 spiro atoms. The highest BCUT2D eigenvalue weighted by atomic mass is 28.3. The van der Waals surface area contributed by atoms with Crippen LogP contribution < -0.4 is 10.4 Å². The van der Waals surface area contributed by atoms with Gasteiger partial charge in [0, 0.05) is 20.3 Å². The Balaban J connectivity index is 2.09. The van der Waals surface area contributed by atoms with Crippen molar-refractivity contribution in [2.45, 2.75) is 25.7 Å². The van der Waals surface area contributed by atoms with Gasteiger partial charge in [-0.15, -0.1) is 0 Å². The average Bonchev–Trinajstić information content (AvgIpc) is 2.38. The summed E-state index contributed by atoms with van der Waals surface area (Å²) in [4.78, 5) is 16.0. The van der Waals surface area contributed by atoms with Crippen molar-refractivity contribution < 1.29 is 4.74 Å². The molecule has 0 N–H and O–H groups in total. The topological polar surface area (TPSA) is 44.1 Å². The fourth-order valence-electron chi connectivity index (χ4n) is 1.71. The average molecular weight is 288 g/mol. The summed E-state index contributed by atoms with van der Waals surface area (Å²) < 4.78 is 7.07. The number of hydrogen-bond acceptors (Lipinski definition) is 3. The van der Waals surface area contributed by atoms with E-state index in [1.807, 2.05) is 30.3 Å². The van der Waals surface area contributed by atoms with Crippen LogP contribution in [0.1, 0.15) is 0 Å². The molecule has 5 heteroatoms. The van der Waals surface area contributed by atoms with Crippen LogP contribution in [0.3, 0.4) is 0 Å². The Hall–Kier alpha value is -1.88. The highest BCUT2D eigenvalue weighted by molar-refractivity contribution is 6.76. The van der Waals surface area contributed by atoms with Gasteiger partial charge in [0.1, 0.15) is 0 Å². The summed E-state index contributed by atoms with van der Waals surface area (Å²) in [7, 11) is -1.12. The standard InChI is InChI=1S/C15H20N2O2Si/c1-20(2,3)12-11-19-14-9-10-17(15(18)16-14)13-7-5-4-6-8-13/h4-10H,11-12H2,1-3H3. The third kappa shape index (κ3) is 4.06. The highest BCUT2D eigenvalue weighted by Crippen LogP contribution is 2.11. The molecule has 2 rings (SSSR count). The Labute approximate surface area is 120 Å². The molecule has 0 aliphatic rings. The van der Waals surface area contributed by atoms with E-state index in [0.29, 0.717) is 12.5 Å². The molecule has 1 aromatic carbocycles. The Morgan fingerprint density at radius 1 is 1.15 bits per heavy atom. The van der Waals surface area contributed by atoms with Crippen LogP contribution >= 0.6 is 0 Å². The summed E-state index contributed by atoms with van der Waals surface area (Å²) in [6.45, 7) is 7.49. The Kier molecular flexibility index (Phi) is 4.39. The van der Waals surface area contributed by atoms with Crippen molar-refractivity contribution in [3.8, 4) is 11.6 Å². The van der Waals surface area contributed by atoms with Crippen molar-refractivity contribution in [3.05, 3.63) is 53.1 Å². The lowest BCUT2D eigenvalue weighted by Crippen LogP contribution is -2.24. The number of hydrogen-bond donors (Lipinski definition) is 0. The van der Waals surface area contributed by atoms with Gasteiger partial charge in [0.15, 0.2) is 0 Å². The van der Waals surface area contributed by atoms with Crippen LogP contribution in [0.5, 0.6) is 5.88 Å². The molecule has 0 atom stereocenters. The summed E-state index contributed by atoms with van der Waals surface area (Å²) in [5, 5.41) is 0. The molecule has 106 valence electrons. The quantitative estimate of drug-likeness (QED) is 0.795. The van der Waals surface area contributed by atoms with Crippen LogP contribution in [0, 0.1) is 0 Å². The third-order valence-corrected chi connectivity index (χ3v) is 4.62. The largest absolute Gasteiger partial charge is 0.478 e. The predicted octanol–water partition coefficient (Wildman–Crippen LogP) is 2.95. The highest BCUT2D eigenvalue weighted by Gasteiger charge is 2.13. The van der Waals surface area contributed by atoms with E-state index in [1.165, 1.54) is 4.57 Å². The molecule has 4 nitrogen and oxygen atoms in total. The van der Waals surface area contributed by atoms with Gasteiger partial charge in [-0.1, -0.05) is 37.8 Å². The number of nitrogens with zero attached hydrogens (tertiary/aromatic N) is 2. The molecule has 1 aromatic heterocycles. The second kappa shape index (κ2) is 6.05. The predicted molar refractivity (Wildman–Crippen MR) is 83.5 cm³/mol. The maximum absolute atomic E-state index is 12.0. The molecule has 1 heterocycles. The lowest BCUT2D eigenvalue weighted by Gasteiger charge is -2.15. The first-order valence-corrected chi connectivity index (χ1v) is 10.4. The van der Waals surface area contributed by atoms with Crippen molar-refractivity contribution in [3.63, 3.8) is 0 Å². The number of rotatable bonds is 5. The minimum Gasteiger partial charge on any atom is -0.478 e. The third-order valence-electron chi connectivity index (χ3n) is 2.91. The van der Waals surface area contributed by atoms with Crippen LogP contribution in [-0.4, -0.2) is 24.2 Å². The van der Waals surface area contributed by atoms with Gasteiger partial charge < -0.3 is 4.74 Å². The van der Waals surface area contributed by atoms with E-state index >= 15 is 0 Å². The molecule has 0 fully saturated rings. The fraction of sp³-hybridized carbons (Fsp3) is 0.333. The van der Waals surface area contributed by atoms with Gasteiger partial charge in [-0.05, 0) is 18.2 Å². The fourth-order valence-corrected chi connectivity index (χ4v) is 2.43. The first kappa shape index (κ1) is 14.5. The molecule has 0 amide bonds. The molecule has 0 radical (unpaired) electrons. The molecule has 0 aliphatic carbocycles. The first-order chi connectivity index (χ1) is 9.46. The zero-order chi connectivity index (χ0) is 14.6. The molecule has 0 saturated heterocycles. The van der Waals surface area contributed by atoms with Crippen LogP contribution in [0.15, 0.2) is 47.4 Å². The van der Waals surface area contributed by atoms with E-state index in [1.54, 1.807) is 12.3 Å². The normalized spacial score (nSPS) is 11.3. The number of benzene rings is 1. The summed E-state index contributed by atoms with van der Waals surface area (Å²) >= 11 is 0. The smallest absolute Gasteiger partial charge is 0.355 e. The zero-order valence-electron chi connectivity index (χ0n) is 12.2. The second-order valence-electron chi connectivity index (χ2n) is 5.91. The molecule has 0 saturated carbocycles. The van der Waals surface area contributed by atoms with E-state index in [4.69, 9.17) is 4.74 Å². The molecule has 20 heavy (non-hydrogen) atoms. The van der Waals surface area contributed by atoms with Gasteiger partial charge in [-0.3, -0.25) is 4.57 Å². The van der Waals surface area contributed by atoms with E-state index in [0.717, 1.165) is 11.7 Å². The van der Waals surface area contributed by atoms with Gasteiger partial charge in [0.2, 0.25) is 5.88 Å². The second-order valence-corrected chi connectivity index (χ2v) is 11.5. The molecule has 0 bridgehead atoms. The Bertz CT molecular complexity index is 618. The number of aromatic nitrogens is 2. The van der Waals surface area contributed by atoms with E-state index in [2.05, 4.69) is 24.6 Å². The summed E-state index contributed by atoms with van der Waals surface area (Å²) in [6.07, 6.45) is 1.70. The monoisotopic (exact) mass is 288 g/mol. The summed E-state index contributed by atoms with van der Waals surface area (Å²) in [5.41, 5.74) is 0.486. The van der Waals surface area contributed by atoms with Crippen LogP contribution in [-0.2, 0) is 0 Å². The maximum atomic E-state index is 12.0. The van der Waals surface area contributed by atoms with Crippen LogP contribution in [0.25, 0.3) is 5.69 Å². The number of para-hydroxylation sites is 1. The van der Waals surface area contributed by atoms with Crippen molar-refractivity contribution in [1.29, 1.82) is 0 Å². The van der Waals surface area contributed by atoms with Gasteiger partial charge >= 0.3 is 5.69 Å². The maximum Gasteiger partial charge on any atom is 0.355 e. The molecular weight excluding hydrogens is 268 g/mol. The summed E-state index contributed by atoms with van der Waals surface area (Å²) in [5.74, 6) is 0.403. The lowest BCUT2D eigenvalue weighted by molar-refractivity contribution is 0.322. The minimum absolute atomic E-state index is 0.318. The molecular formula is C15H20N2O2Si. The molecule has 0 unspecified atom stereocenters. The first-order valence-electron chi connectivity index (χ1n) is 6.74. The van der Waals surface area contributed by atoms with E-state index in [-0.39, 0.29) is 5.69 Å². The van der Waals surface area contributed by atoms with E-state index < -0.39 is 8.07 Å². The van der Waals surface area contributed by atoms with Crippen molar-refractivity contribution in [2.24, 2.45) is 0 Å². The lowest BCUT2D eigenvalue weighted by atomic mass is 10.3. The van der Waals surface area contributed by atoms with Crippen molar-refractivity contribution >= 4 is 8.07 Å².